The quantitative estimate of drug-likeness (QED) is 0.148. The number of benzene rings is 3. The third-order valence-electron chi connectivity index (χ3n) is 6.87. The number of aliphatic hydroxyl groups excluding tert-OH is 1. The molecule has 1 aliphatic rings. The first-order valence-electron chi connectivity index (χ1n) is 13.8. The maximum absolute atomic E-state index is 13.7. The number of Topliss-reactive ketones (excluding diaryl/α,β-unsaturated/α-hetero) is 1. The van der Waals surface area contributed by atoms with Gasteiger partial charge in [0.05, 0.1) is 29.9 Å². The third-order valence-corrected chi connectivity index (χ3v) is 6.87. The number of amides is 1. The lowest BCUT2D eigenvalue weighted by atomic mass is 9.84. The second-order valence-corrected chi connectivity index (χ2v) is 11.5. The second kappa shape index (κ2) is 11.6. The minimum atomic E-state index is -0.920. The van der Waals surface area contributed by atoms with Crippen molar-refractivity contribution in [3.05, 3.63) is 100 Å². The molecule has 7 nitrogen and oxygen atoms in total. The van der Waals surface area contributed by atoms with Gasteiger partial charge in [-0.1, -0.05) is 56.7 Å². The summed E-state index contributed by atoms with van der Waals surface area (Å²) < 4.78 is 11.2. The van der Waals surface area contributed by atoms with Crippen molar-refractivity contribution in [3.63, 3.8) is 0 Å². The molecule has 3 aromatic rings. The highest BCUT2D eigenvalue weighted by Crippen LogP contribution is 2.43. The monoisotopic (exact) mass is 555 g/mol. The lowest BCUT2D eigenvalue weighted by Gasteiger charge is -2.26. The number of nitrogens with zero attached hydrogens (tertiary/aromatic N) is 1. The Morgan fingerprint density at radius 1 is 0.976 bits per heavy atom. The molecule has 1 heterocycles. The van der Waals surface area contributed by atoms with Crippen LogP contribution in [-0.2, 0) is 19.7 Å². The van der Waals surface area contributed by atoms with E-state index in [-0.39, 0.29) is 28.4 Å². The zero-order valence-electron chi connectivity index (χ0n) is 24.6. The molecular formula is C34H37NO6. The minimum absolute atomic E-state index is 0.0280. The van der Waals surface area contributed by atoms with Gasteiger partial charge < -0.3 is 14.6 Å². The molecule has 1 unspecified atom stereocenters. The van der Waals surface area contributed by atoms with Crippen molar-refractivity contribution >= 4 is 29.1 Å². The van der Waals surface area contributed by atoms with Crippen molar-refractivity contribution in [1.82, 2.24) is 0 Å². The van der Waals surface area contributed by atoms with Crippen LogP contribution >= 0.6 is 0 Å². The van der Waals surface area contributed by atoms with Crippen LogP contribution in [0.1, 0.15) is 80.2 Å². The van der Waals surface area contributed by atoms with E-state index in [1.54, 1.807) is 44.2 Å². The van der Waals surface area contributed by atoms with Crippen molar-refractivity contribution in [2.75, 3.05) is 11.5 Å². The average molecular weight is 556 g/mol. The number of ketones is 1. The van der Waals surface area contributed by atoms with Crippen LogP contribution in [0.3, 0.4) is 0 Å². The maximum atomic E-state index is 13.7. The summed E-state index contributed by atoms with van der Waals surface area (Å²) in [4.78, 5) is 41.3. The van der Waals surface area contributed by atoms with Gasteiger partial charge in [0.1, 0.15) is 11.5 Å². The van der Waals surface area contributed by atoms with E-state index < -0.39 is 23.7 Å². The fraction of sp³-hybridized carbons (Fsp3) is 0.324. The van der Waals surface area contributed by atoms with E-state index in [1.807, 2.05) is 65.0 Å². The molecule has 1 aliphatic heterocycles. The number of anilines is 1. The molecule has 1 fully saturated rings. The molecule has 1 saturated heterocycles. The summed E-state index contributed by atoms with van der Waals surface area (Å²) in [6.45, 7) is 13.9. The Kier molecular flexibility index (Phi) is 8.38. The van der Waals surface area contributed by atoms with Crippen LogP contribution in [0.25, 0.3) is 5.76 Å². The molecule has 41 heavy (non-hydrogen) atoms. The first kappa shape index (κ1) is 29.6. The zero-order chi connectivity index (χ0) is 30.1. The van der Waals surface area contributed by atoms with Crippen molar-refractivity contribution in [3.8, 4) is 5.75 Å². The largest absolute Gasteiger partial charge is 0.507 e. The predicted octanol–water partition coefficient (Wildman–Crippen LogP) is 6.88. The Hall–Kier alpha value is -4.39. The Balaban J connectivity index is 1.93. The van der Waals surface area contributed by atoms with Crippen molar-refractivity contribution in [2.24, 2.45) is 0 Å². The van der Waals surface area contributed by atoms with Gasteiger partial charge in [-0.15, -0.1) is 0 Å². The highest BCUT2D eigenvalue weighted by molar-refractivity contribution is 6.51. The van der Waals surface area contributed by atoms with Gasteiger partial charge in [-0.3, -0.25) is 14.5 Å². The first-order chi connectivity index (χ1) is 19.3. The van der Waals surface area contributed by atoms with E-state index in [4.69, 9.17) is 9.47 Å². The van der Waals surface area contributed by atoms with Crippen LogP contribution in [0.15, 0.2) is 72.3 Å². The molecule has 0 bridgehead atoms. The molecule has 7 heteroatoms. The zero-order valence-corrected chi connectivity index (χ0v) is 24.6. The summed E-state index contributed by atoms with van der Waals surface area (Å²) in [7, 11) is 0. The van der Waals surface area contributed by atoms with Crippen LogP contribution in [0, 0.1) is 6.92 Å². The van der Waals surface area contributed by atoms with E-state index in [1.165, 1.54) is 11.0 Å². The molecule has 0 saturated carbocycles. The number of aliphatic hydroxyl groups is 1. The van der Waals surface area contributed by atoms with E-state index in [0.29, 0.717) is 29.2 Å². The van der Waals surface area contributed by atoms with E-state index in [0.717, 1.165) is 11.1 Å². The topological polar surface area (TPSA) is 93.1 Å². The van der Waals surface area contributed by atoms with Crippen LogP contribution in [0.4, 0.5) is 5.69 Å². The second-order valence-electron chi connectivity index (χ2n) is 11.5. The maximum Gasteiger partial charge on any atom is 0.338 e. The molecule has 1 atom stereocenters. The van der Waals surface area contributed by atoms with Crippen LogP contribution in [-0.4, -0.2) is 35.5 Å². The van der Waals surface area contributed by atoms with Gasteiger partial charge in [0.15, 0.2) is 0 Å². The summed E-state index contributed by atoms with van der Waals surface area (Å²) in [5.41, 5.74) is 3.11. The summed E-state index contributed by atoms with van der Waals surface area (Å²) in [5, 5.41) is 11.7. The Labute approximate surface area is 241 Å². The highest BCUT2D eigenvalue weighted by atomic mass is 16.5. The molecule has 1 N–H and O–H groups in total. The molecule has 1 amide bonds. The lowest BCUT2D eigenvalue weighted by molar-refractivity contribution is -0.132. The van der Waals surface area contributed by atoms with Gasteiger partial charge in [0.2, 0.25) is 0 Å². The van der Waals surface area contributed by atoms with E-state index >= 15 is 0 Å². The van der Waals surface area contributed by atoms with Gasteiger partial charge >= 0.3 is 5.97 Å². The number of hydrogen-bond donors (Lipinski definition) is 1. The summed E-state index contributed by atoms with van der Waals surface area (Å²) in [6.07, 6.45) is -0.320. The molecule has 0 aromatic heterocycles. The standard InChI is InChI=1S/C34H37NO6/c1-8-40-27-16-15-23(19-26(27)34(5,6)7)30(36)28-29(22-12-9-11-21(4)17-22)35(32(38)31(28)37)25-14-10-13-24(18-25)33(39)41-20(2)3/h9-20,29,36H,8H2,1-7H3/b30-28-. The van der Waals surface area contributed by atoms with Crippen LogP contribution in [0.2, 0.25) is 0 Å². The fourth-order valence-electron chi connectivity index (χ4n) is 5.02. The number of aryl methyl sites for hydroxylation is 1. The van der Waals surface area contributed by atoms with Crippen molar-refractivity contribution in [1.29, 1.82) is 0 Å². The summed E-state index contributed by atoms with van der Waals surface area (Å²) in [6, 6.07) is 18.3. The third kappa shape index (κ3) is 6.04. The number of hydrogen-bond acceptors (Lipinski definition) is 6. The van der Waals surface area contributed by atoms with Gasteiger partial charge in [-0.2, -0.15) is 0 Å². The lowest BCUT2D eigenvalue weighted by Crippen LogP contribution is -2.29. The smallest absolute Gasteiger partial charge is 0.338 e. The molecule has 4 rings (SSSR count). The average Bonchev–Trinajstić information content (AvgIpc) is 3.18. The van der Waals surface area contributed by atoms with E-state index in [2.05, 4.69) is 0 Å². The Bertz CT molecular complexity index is 1530. The highest BCUT2D eigenvalue weighted by Gasteiger charge is 2.47. The molecule has 214 valence electrons. The Morgan fingerprint density at radius 3 is 2.32 bits per heavy atom. The fourth-order valence-corrected chi connectivity index (χ4v) is 5.02. The first-order valence-corrected chi connectivity index (χ1v) is 13.8. The number of ether oxygens (including phenoxy) is 2. The van der Waals surface area contributed by atoms with Gasteiger partial charge in [-0.25, -0.2) is 4.79 Å². The van der Waals surface area contributed by atoms with Crippen LogP contribution < -0.4 is 9.64 Å². The number of carbonyl (C=O) groups is 3. The van der Waals surface area contributed by atoms with E-state index in [9.17, 15) is 19.5 Å². The SMILES string of the molecule is CCOc1ccc(/C(O)=C2/C(=O)C(=O)N(c3cccc(C(=O)OC(C)C)c3)C2c2cccc(C)c2)cc1C(C)(C)C. The van der Waals surface area contributed by atoms with Crippen LogP contribution in [0.5, 0.6) is 5.75 Å². The molecule has 0 aliphatic carbocycles. The number of rotatable bonds is 7. The van der Waals surface area contributed by atoms with Gasteiger partial charge in [0.25, 0.3) is 11.7 Å². The number of carbonyl (C=O) groups excluding carboxylic acids is 3. The minimum Gasteiger partial charge on any atom is -0.507 e. The van der Waals surface area contributed by atoms with Gasteiger partial charge in [-0.05, 0) is 75.1 Å². The van der Waals surface area contributed by atoms with Crippen molar-refractivity contribution in [2.45, 2.75) is 66.0 Å². The molecule has 0 radical (unpaired) electrons. The predicted molar refractivity (Wildman–Crippen MR) is 159 cm³/mol. The normalized spacial score (nSPS) is 16.8. The molecule has 3 aromatic carbocycles. The van der Waals surface area contributed by atoms with Crippen molar-refractivity contribution < 1.29 is 29.0 Å². The molecule has 0 spiro atoms. The summed E-state index contributed by atoms with van der Waals surface area (Å²) >= 11 is 0. The summed E-state index contributed by atoms with van der Waals surface area (Å²) in [5.74, 6) is -1.72. The number of esters is 1. The Morgan fingerprint density at radius 2 is 1.68 bits per heavy atom. The molecular weight excluding hydrogens is 518 g/mol. The van der Waals surface area contributed by atoms with Gasteiger partial charge in [0, 0.05) is 16.8 Å².